The van der Waals surface area contributed by atoms with Crippen LogP contribution in [0.2, 0.25) is 0 Å². The van der Waals surface area contributed by atoms with Crippen molar-refractivity contribution >= 4 is 21.6 Å². The Kier molecular flexibility index (Phi) is 3.07. The lowest BCUT2D eigenvalue weighted by Crippen LogP contribution is -2.22. The van der Waals surface area contributed by atoms with E-state index >= 15 is 0 Å². The second-order valence-corrected chi connectivity index (χ2v) is 4.90. The predicted octanol–water partition coefficient (Wildman–Crippen LogP) is 1.72. The van der Waals surface area contributed by atoms with Crippen molar-refractivity contribution in [1.29, 1.82) is 0 Å². The minimum atomic E-state index is 0.0314. The molecule has 16 heavy (non-hydrogen) atoms. The van der Waals surface area contributed by atoms with E-state index in [0.717, 1.165) is 20.7 Å². The minimum Gasteiger partial charge on any atom is -0.383 e. The number of rotatable bonds is 3. The molecule has 0 radical (unpaired) electrons. The lowest BCUT2D eigenvalue weighted by Gasteiger charge is -2.03. The van der Waals surface area contributed by atoms with Gasteiger partial charge in [-0.25, -0.2) is 4.98 Å². The van der Waals surface area contributed by atoms with E-state index < -0.39 is 0 Å². The van der Waals surface area contributed by atoms with Crippen LogP contribution >= 0.6 is 11.3 Å². The van der Waals surface area contributed by atoms with Crippen LogP contribution < -0.4 is 5.56 Å². The Morgan fingerprint density at radius 3 is 2.94 bits per heavy atom. The fourth-order valence-corrected chi connectivity index (χ4v) is 2.61. The highest BCUT2D eigenvalue weighted by Crippen LogP contribution is 2.25. The average Bonchev–Trinajstić information content (AvgIpc) is 2.55. The van der Waals surface area contributed by atoms with E-state index in [9.17, 15) is 4.79 Å². The van der Waals surface area contributed by atoms with E-state index in [2.05, 4.69) is 4.98 Å². The van der Waals surface area contributed by atoms with E-state index in [0.29, 0.717) is 13.2 Å². The van der Waals surface area contributed by atoms with Crippen molar-refractivity contribution in [2.45, 2.75) is 20.4 Å². The maximum atomic E-state index is 12.1. The Balaban J connectivity index is 2.59. The van der Waals surface area contributed by atoms with E-state index in [4.69, 9.17) is 4.74 Å². The molecule has 0 saturated heterocycles. The molecule has 2 heterocycles. The van der Waals surface area contributed by atoms with Gasteiger partial charge in [0.05, 0.1) is 24.9 Å². The lowest BCUT2D eigenvalue weighted by molar-refractivity contribution is 0.186. The molecule has 4 nitrogen and oxygen atoms in total. The molecule has 0 atom stereocenters. The number of nitrogens with zero attached hydrogens (tertiary/aromatic N) is 2. The number of thiophene rings is 1. The Labute approximate surface area is 97.5 Å². The molecular weight excluding hydrogens is 224 g/mol. The monoisotopic (exact) mass is 238 g/mol. The van der Waals surface area contributed by atoms with E-state index in [1.54, 1.807) is 29.3 Å². The van der Waals surface area contributed by atoms with E-state index in [1.807, 2.05) is 13.8 Å². The van der Waals surface area contributed by atoms with Gasteiger partial charge in [0.1, 0.15) is 4.83 Å². The van der Waals surface area contributed by atoms with Crippen LogP contribution in [0.25, 0.3) is 10.2 Å². The lowest BCUT2D eigenvalue weighted by atomic mass is 10.2. The van der Waals surface area contributed by atoms with Crippen LogP contribution in [0.3, 0.4) is 0 Å². The standard InChI is InChI=1S/C11H14N2O2S/c1-7-8(2)16-10-9(7)11(14)13(6-12-10)4-5-15-3/h6H,4-5H2,1-3H3. The van der Waals surface area contributed by atoms with Gasteiger partial charge in [0, 0.05) is 12.0 Å². The van der Waals surface area contributed by atoms with Crippen molar-refractivity contribution in [2.24, 2.45) is 0 Å². The molecule has 2 aromatic heterocycles. The number of aromatic nitrogens is 2. The predicted molar refractivity (Wildman–Crippen MR) is 65.2 cm³/mol. The molecule has 5 heteroatoms. The molecule has 0 bridgehead atoms. The summed E-state index contributed by atoms with van der Waals surface area (Å²) in [5.74, 6) is 0. The molecule has 0 saturated carbocycles. The van der Waals surface area contributed by atoms with Crippen LogP contribution in [-0.4, -0.2) is 23.3 Å². The molecule has 86 valence electrons. The molecule has 2 aromatic rings. The summed E-state index contributed by atoms with van der Waals surface area (Å²) in [6.07, 6.45) is 1.60. The molecule has 0 aliphatic carbocycles. The average molecular weight is 238 g/mol. The molecular formula is C11H14N2O2S. The van der Waals surface area contributed by atoms with Crippen molar-refractivity contribution in [3.05, 3.63) is 27.1 Å². The fourth-order valence-electron chi connectivity index (χ4n) is 1.62. The molecule has 2 rings (SSSR count). The first kappa shape index (κ1) is 11.3. The second-order valence-electron chi connectivity index (χ2n) is 3.70. The highest BCUT2D eigenvalue weighted by molar-refractivity contribution is 7.18. The second kappa shape index (κ2) is 4.35. The molecule has 0 N–H and O–H groups in total. The Morgan fingerprint density at radius 2 is 2.25 bits per heavy atom. The van der Waals surface area contributed by atoms with Crippen molar-refractivity contribution in [3.8, 4) is 0 Å². The molecule has 0 spiro atoms. The first-order valence-electron chi connectivity index (χ1n) is 5.09. The van der Waals surface area contributed by atoms with Gasteiger partial charge in [-0.15, -0.1) is 11.3 Å². The highest BCUT2D eigenvalue weighted by atomic mass is 32.1. The van der Waals surface area contributed by atoms with Crippen LogP contribution in [0, 0.1) is 13.8 Å². The molecule has 0 amide bonds. The van der Waals surface area contributed by atoms with Gasteiger partial charge >= 0.3 is 0 Å². The van der Waals surface area contributed by atoms with Gasteiger partial charge < -0.3 is 4.74 Å². The Bertz CT molecular complexity index is 571. The molecule has 0 fully saturated rings. The summed E-state index contributed by atoms with van der Waals surface area (Å²) in [4.78, 5) is 18.4. The van der Waals surface area contributed by atoms with Gasteiger partial charge in [-0.3, -0.25) is 9.36 Å². The summed E-state index contributed by atoms with van der Waals surface area (Å²) in [7, 11) is 1.62. The van der Waals surface area contributed by atoms with Crippen LogP contribution in [0.1, 0.15) is 10.4 Å². The number of hydrogen-bond acceptors (Lipinski definition) is 4. The third kappa shape index (κ3) is 1.76. The topological polar surface area (TPSA) is 44.1 Å². The van der Waals surface area contributed by atoms with Crippen molar-refractivity contribution in [3.63, 3.8) is 0 Å². The van der Waals surface area contributed by atoms with Crippen molar-refractivity contribution < 1.29 is 4.74 Å². The maximum absolute atomic E-state index is 12.1. The van der Waals surface area contributed by atoms with E-state index in [1.165, 1.54) is 0 Å². The normalized spacial score (nSPS) is 11.2. The van der Waals surface area contributed by atoms with Gasteiger partial charge in [-0.1, -0.05) is 0 Å². The Morgan fingerprint density at radius 1 is 1.50 bits per heavy atom. The van der Waals surface area contributed by atoms with Crippen molar-refractivity contribution in [1.82, 2.24) is 9.55 Å². The summed E-state index contributed by atoms with van der Waals surface area (Å²) < 4.78 is 6.57. The quantitative estimate of drug-likeness (QED) is 0.818. The van der Waals surface area contributed by atoms with Gasteiger partial charge in [0.15, 0.2) is 0 Å². The molecule has 0 aromatic carbocycles. The summed E-state index contributed by atoms with van der Waals surface area (Å²) in [6.45, 7) is 5.06. The molecule has 0 unspecified atom stereocenters. The maximum Gasteiger partial charge on any atom is 0.262 e. The molecule has 0 aliphatic heterocycles. The SMILES string of the molecule is COCCn1cnc2sc(C)c(C)c2c1=O. The van der Waals surface area contributed by atoms with Crippen molar-refractivity contribution in [2.75, 3.05) is 13.7 Å². The largest absolute Gasteiger partial charge is 0.383 e. The molecule has 0 aliphatic rings. The first-order valence-corrected chi connectivity index (χ1v) is 5.91. The Hall–Kier alpha value is -1.20. The minimum absolute atomic E-state index is 0.0314. The summed E-state index contributed by atoms with van der Waals surface area (Å²) in [5, 5.41) is 0.751. The van der Waals surface area contributed by atoms with Gasteiger partial charge in [-0.2, -0.15) is 0 Å². The number of ether oxygens (including phenoxy) is 1. The fraction of sp³-hybridized carbons (Fsp3) is 0.455. The van der Waals surface area contributed by atoms with Crippen LogP contribution in [0.15, 0.2) is 11.1 Å². The van der Waals surface area contributed by atoms with Gasteiger partial charge in [-0.05, 0) is 19.4 Å². The zero-order valence-corrected chi connectivity index (χ0v) is 10.4. The van der Waals surface area contributed by atoms with Crippen LogP contribution in [0.4, 0.5) is 0 Å². The number of aryl methyl sites for hydroxylation is 2. The zero-order valence-electron chi connectivity index (χ0n) is 9.61. The smallest absolute Gasteiger partial charge is 0.262 e. The zero-order chi connectivity index (χ0) is 11.7. The van der Waals surface area contributed by atoms with Crippen LogP contribution in [-0.2, 0) is 11.3 Å². The van der Waals surface area contributed by atoms with Gasteiger partial charge in [0.25, 0.3) is 5.56 Å². The summed E-state index contributed by atoms with van der Waals surface area (Å²) in [6, 6.07) is 0. The highest BCUT2D eigenvalue weighted by Gasteiger charge is 2.11. The number of fused-ring (bicyclic) bond motifs is 1. The van der Waals surface area contributed by atoms with E-state index in [-0.39, 0.29) is 5.56 Å². The van der Waals surface area contributed by atoms with Gasteiger partial charge in [0.2, 0.25) is 0 Å². The third-order valence-corrected chi connectivity index (χ3v) is 3.81. The third-order valence-electron chi connectivity index (χ3n) is 2.69. The summed E-state index contributed by atoms with van der Waals surface area (Å²) >= 11 is 1.57. The number of hydrogen-bond donors (Lipinski definition) is 0. The number of methoxy groups -OCH3 is 1. The van der Waals surface area contributed by atoms with Crippen LogP contribution in [0.5, 0.6) is 0 Å². The summed E-state index contributed by atoms with van der Waals surface area (Å²) in [5.41, 5.74) is 1.08. The first-order chi connectivity index (χ1) is 7.65.